The number of allylic oxidation sites excluding steroid dienone is 1. The van der Waals surface area contributed by atoms with E-state index in [0.29, 0.717) is 16.8 Å². The second-order valence-electron chi connectivity index (χ2n) is 7.14. The number of benzene rings is 3. The molecule has 0 radical (unpaired) electrons. The summed E-state index contributed by atoms with van der Waals surface area (Å²) < 4.78 is 8.27. The number of hydrogen-bond donors (Lipinski definition) is 1. The van der Waals surface area contributed by atoms with Crippen molar-refractivity contribution in [3.63, 3.8) is 0 Å². The molecule has 2 heterocycles. The van der Waals surface area contributed by atoms with Gasteiger partial charge in [-0.2, -0.15) is 4.98 Å². The van der Waals surface area contributed by atoms with E-state index in [0.717, 1.165) is 32.6 Å². The van der Waals surface area contributed by atoms with Crippen molar-refractivity contribution >= 4 is 39.2 Å². The summed E-state index contributed by atoms with van der Waals surface area (Å²) in [6.45, 7) is 0. The Bertz CT molecular complexity index is 1250. The summed E-state index contributed by atoms with van der Waals surface area (Å²) in [5.74, 6) is 2.14. The van der Waals surface area contributed by atoms with Crippen LogP contribution in [-0.2, 0) is 0 Å². The van der Waals surface area contributed by atoms with Crippen LogP contribution in [-0.4, -0.2) is 21.9 Å². The van der Waals surface area contributed by atoms with Gasteiger partial charge < -0.3 is 10.1 Å². The monoisotopic (exact) mass is 492 g/mol. The molecule has 5 nitrogen and oxygen atoms in total. The largest absolute Gasteiger partial charge is 0.497 e. The number of methoxy groups -OCH3 is 1. The molecule has 3 aromatic carbocycles. The molecule has 0 fully saturated rings. The van der Waals surface area contributed by atoms with E-state index in [-0.39, 0.29) is 6.04 Å². The third-order valence-corrected chi connectivity index (χ3v) is 5.96. The summed E-state index contributed by atoms with van der Waals surface area (Å²) in [5.41, 5.74) is 4.05. The van der Waals surface area contributed by atoms with Crippen LogP contribution < -0.4 is 10.1 Å². The molecule has 0 bridgehead atoms. The van der Waals surface area contributed by atoms with E-state index in [9.17, 15) is 0 Å². The van der Waals surface area contributed by atoms with Crippen LogP contribution in [0, 0.1) is 0 Å². The fourth-order valence-corrected chi connectivity index (χ4v) is 3.94. The zero-order valence-electron chi connectivity index (χ0n) is 16.6. The highest BCUT2D eigenvalue weighted by Crippen LogP contribution is 2.35. The molecule has 0 unspecified atom stereocenters. The number of fused-ring (bicyclic) bond motifs is 1. The number of ether oxygens (including phenoxy) is 1. The number of nitrogens with zero attached hydrogens (tertiary/aromatic N) is 3. The molecule has 7 heteroatoms. The maximum absolute atomic E-state index is 6.05. The lowest BCUT2D eigenvalue weighted by molar-refractivity contribution is 0.414. The standard InChI is InChI=1S/C24H18BrClN4O/c1-31-20-12-6-16(7-13-20)22-14-21(15-2-8-18(25)9-3-15)27-24-28-23(29-30(22)24)17-4-10-19(26)11-5-17/h2-14,22H,1H3,(H,27,28,29)/t22-/m1/s1. The van der Waals surface area contributed by atoms with Crippen LogP contribution in [0.3, 0.4) is 0 Å². The Morgan fingerprint density at radius 3 is 2.29 bits per heavy atom. The lowest BCUT2D eigenvalue weighted by Gasteiger charge is -2.24. The Morgan fingerprint density at radius 2 is 1.61 bits per heavy atom. The molecule has 0 saturated heterocycles. The average Bonchev–Trinajstić information content (AvgIpc) is 3.24. The summed E-state index contributed by atoms with van der Waals surface area (Å²) in [4.78, 5) is 4.78. The Hall–Kier alpha value is -3.09. The van der Waals surface area contributed by atoms with Crippen LogP contribution in [0.25, 0.3) is 17.1 Å². The van der Waals surface area contributed by atoms with E-state index in [1.807, 2.05) is 53.2 Å². The maximum Gasteiger partial charge on any atom is 0.227 e. The zero-order chi connectivity index (χ0) is 21.4. The first-order valence-corrected chi connectivity index (χ1v) is 10.9. The fraction of sp³-hybridized carbons (Fsp3) is 0.0833. The molecule has 4 aromatic rings. The van der Waals surface area contributed by atoms with E-state index in [1.165, 1.54) is 0 Å². The third kappa shape index (κ3) is 3.96. The fourth-order valence-electron chi connectivity index (χ4n) is 3.55. The minimum Gasteiger partial charge on any atom is -0.497 e. The van der Waals surface area contributed by atoms with Crippen LogP contribution >= 0.6 is 27.5 Å². The van der Waals surface area contributed by atoms with Crippen molar-refractivity contribution in [2.45, 2.75) is 6.04 Å². The first kappa shape index (κ1) is 19.8. The van der Waals surface area contributed by atoms with Gasteiger partial charge in [0.1, 0.15) is 11.8 Å². The van der Waals surface area contributed by atoms with Crippen LogP contribution in [0.4, 0.5) is 5.95 Å². The van der Waals surface area contributed by atoms with E-state index < -0.39 is 0 Å². The van der Waals surface area contributed by atoms with Gasteiger partial charge in [0.25, 0.3) is 0 Å². The van der Waals surface area contributed by atoms with E-state index in [4.69, 9.17) is 26.4 Å². The molecule has 0 amide bonds. The van der Waals surface area contributed by atoms with Crippen LogP contribution in [0.15, 0.2) is 83.3 Å². The maximum atomic E-state index is 6.05. The van der Waals surface area contributed by atoms with Gasteiger partial charge >= 0.3 is 0 Å². The van der Waals surface area contributed by atoms with Gasteiger partial charge in [0.2, 0.25) is 5.95 Å². The number of anilines is 1. The molecule has 1 aliphatic rings. The molecule has 5 rings (SSSR count). The van der Waals surface area contributed by atoms with E-state index in [2.05, 4.69) is 51.6 Å². The van der Waals surface area contributed by atoms with Gasteiger partial charge in [0, 0.05) is 20.8 Å². The number of nitrogens with one attached hydrogen (secondary N) is 1. The Balaban J connectivity index is 1.60. The topological polar surface area (TPSA) is 52.0 Å². The highest BCUT2D eigenvalue weighted by atomic mass is 79.9. The molecule has 0 aliphatic carbocycles. The number of hydrogen-bond acceptors (Lipinski definition) is 4. The lowest BCUT2D eigenvalue weighted by atomic mass is 10.0. The van der Waals surface area contributed by atoms with Crippen molar-refractivity contribution in [2.75, 3.05) is 12.4 Å². The van der Waals surface area contributed by atoms with Crippen LogP contribution in [0.2, 0.25) is 5.02 Å². The SMILES string of the molecule is COc1ccc([C@H]2C=C(c3ccc(Br)cc3)Nc3nc(-c4ccc(Cl)cc4)nn32)cc1. The molecule has 0 saturated carbocycles. The molecule has 1 aliphatic heterocycles. The van der Waals surface area contributed by atoms with Gasteiger partial charge in [-0.05, 0) is 65.7 Å². The van der Waals surface area contributed by atoms with Crippen molar-refractivity contribution in [1.82, 2.24) is 14.8 Å². The molecular weight excluding hydrogens is 476 g/mol. The normalized spacial score (nSPS) is 15.1. The lowest BCUT2D eigenvalue weighted by Crippen LogP contribution is -2.20. The number of halogens is 2. The summed E-state index contributed by atoms with van der Waals surface area (Å²) in [5, 5.41) is 8.93. The number of rotatable bonds is 4. The van der Waals surface area contributed by atoms with Gasteiger partial charge in [-0.15, -0.1) is 5.10 Å². The third-order valence-electron chi connectivity index (χ3n) is 5.18. The molecule has 31 heavy (non-hydrogen) atoms. The van der Waals surface area contributed by atoms with Crippen LogP contribution in [0.1, 0.15) is 17.2 Å². The van der Waals surface area contributed by atoms with Crippen LogP contribution in [0.5, 0.6) is 5.75 Å². The minimum absolute atomic E-state index is 0.116. The Kier molecular flexibility index (Phi) is 5.26. The van der Waals surface area contributed by atoms with E-state index in [1.54, 1.807) is 7.11 Å². The van der Waals surface area contributed by atoms with Crippen molar-refractivity contribution in [3.8, 4) is 17.1 Å². The van der Waals surface area contributed by atoms with Gasteiger partial charge in [-0.3, -0.25) is 0 Å². The van der Waals surface area contributed by atoms with Gasteiger partial charge in [0.05, 0.1) is 7.11 Å². The van der Waals surface area contributed by atoms with Crippen molar-refractivity contribution in [3.05, 3.63) is 99.5 Å². The molecule has 1 atom stereocenters. The second kappa shape index (κ2) is 8.21. The van der Waals surface area contributed by atoms with Crippen molar-refractivity contribution in [1.29, 1.82) is 0 Å². The predicted octanol–water partition coefficient (Wildman–Crippen LogP) is 6.43. The highest BCUT2D eigenvalue weighted by molar-refractivity contribution is 9.10. The Labute approximate surface area is 193 Å². The molecule has 1 aromatic heterocycles. The average molecular weight is 494 g/mol. The first-order chi connectivity index (χ1) is 15.1. The summed E-state index contributed by atoms with van der Waals surface area (Å²) in [7, 11) is 1.67. The predicted molar refractivity (Wildman–Crippen MR) is 127 cm³/mol. The second-order valence-corrected chi connectivity index (χ2v) is 8.49. The summed E-state index contributed by atoms with van der Waals surface area (Å²) in [6, 6.07) is 23.6. The molecular formula is C24H18BrClN4O. The van der Waals surface area contributed by atoms with E-state index >= 15 is 0 Å². The van der Waals surface area contributed by atoms with Crippen molar-refractivity contribution < 1.29 is 4.74 Å². The van der Waals surface area contributed by atoms with Gasteiger partial charge in [0.15, 0.2) is 5.82 Å². The molecule has 0 spiro atoms. The number of aromatic nitrogens is 3. The summed E-state index contributed by atoms with van der Waals surface area (Å²) in [6.07, 6.45) is 2.17. The zero-order valence-corrected chi connectivity index (χ0v) is 18.9. The van der Waals surface area contributed by atoms with Gasteiger partial charge in [-0.1, -0.05) is 51.8 Å². The van der Waals surface area contributed by atoms with Gasteiger partial charge in [-0.25, -0.2) is 4.68 Å². The van der Waals surface area contributed by atoms with Crippen molar-refractivity contribution in [2.24, 2.45) is 0 Å². The smallest absolute Gasteiger partial charge is 0.227 e. The molecule has 1 N–H and O–H groups in total. The Morgan fingerprint density at radius 1 is 0.935 bits per heavy atom. The quantitative estimate of drug-likeness (QED) is 0.356. The highest BCUT2D eigenvalue weighted by Gasteiger charge is 2.25. The first-order valence-electron chi connectivity index (χ1n) is 9.72. The summed E-state index contributed by atoms with van der Waals surface area (Å²) >= 11 is 9.55. The molecule has 154 valence electrons. The minimum atomic E-state index is -0.116.